The number of fused-ring (bicyclic) bond motifs is 2. The Morgan fingerprint density at radius 1 is 0.860 bits per heavy atom. The van der Waals surface area contributed by atoms with Gasteiger partial charge in [0.05, 0.1) is 11.6 Å². The van der Waals surface area contributed by atoms with Crippen molar-refractivity contribution < 1.29 is 28.9 Å². The van der Waals surface area contributed by atoms with Gasteiger partial charge < -0.3 is 19.3 Å². The second-order valence-corrected chi connectivity index (χ2v) is 13.8. The third kappa shape index (κ3) is 6.17. The minimum atomic E-state index is -1.01. The predicted molar refractivity (Wildman–Crippen MR) is 193 cm³/mol. The predicted octanol–water partition coefficient (Wildman–Crippen LogP) is 7.96. The monoisotopic (exact) mass is 699 g/mol. The van der Waals surface area contributed by atoms with E-state index in [1.807, 2.05) is 54.6 Å². The molecule has 1 fully saturated rings. The number of carbonyl (C=O) groups excluding carboxylic acids is 2. The van der Waals surface area contributed by atoms with Gasteiger partial charge in [0.15, 0.2) is 15.8 Å². The average Bonchev–Trinajstić information content (AvgIpc) is 3.74. The van der Waals surface area contributed by atoms with Gasteiger partial charge in [-0.2, -0.15) is 0 Å². The fraction of sp³-hybridized carbons (Fsp3) is 0.128. The third-order valence-electron chi connectivity index (χ3n) is 8.52. The summed E-state index contributed by atoms with van der Waals surface area (Å²) in [6.45, 7) is 1.10. The number of aliphatic hydroxyl groups excluding tert-OH is 1. The molecule has 2 aliphatic heterocycles. The van der Waals surface area contributed by atoms with Gasteiger partial charge in [-0.1, -0.05) is 108 Å². The second kappa shape index (κ2) is 13.7. The molecule has 3 heterocycles. The summed E-state index contributed by atoms with van der Waals surface area (Å²) >= 11 is 2.73. The van der Waals surface area contributed by atoms with Crippen molar-refractivity contribution in [2.75, 3.05) is 18.1 Å². The van der Waals surface area contributed by atoms with Crippen LogP contribution in [0.4, 0.5) is 5.13 Å². The van der Waals surface area contributed by atoms with Crippen molar-refractivity contribution in [3.63, 3.8) is 0 Å². The molecule has 11 heteroatoms. The maximum Gasteiger partial charge on any atom is 0.301 e. The SMILES string of the molecule is O=C1C(=O)N(c2nnc(SCc3cccc4ccccc34)s2)[C@H](c2cccc(OCc3ccccc3)c2)/C1=C(\O)c1ccc2c(c1)OCCO2. The number of rotatable bonds is 9. The highest BCUT2D eigenvalue weighted by Gasteiger charge is 2.48. The lowest BCUT2D eigenvalue weighted by Crippen LogP contribution is -2.29. The number of carbonyl (C=O) groups is 2. The first-order valence-electron chi connectivity index (χ1n) is 15.9. The molecule has 0 radical (unpaired) electrons. The van der Waals surface area contributed by atoms with Crippen molar-refractivity contribution in [2.24, 2.45) is 0 Å². The molecular formula is C39H29N3O6S2. The zero-order chi connectivity index (χ0) is 34.0. The van der Waals surface area contributed by atoms with Crippen molar-refractivity contribution in [1.29, 1.82) is 0 Å². The van der Waals surface area contributed by atoms with E-state index in [1.165, 1.54) is 28.0 Å². The standard InChI is InChI=1S/C39H29N3O6S2/c43-35(27-16-17-31-32(21-27)47-19-18-46-31)33-34(26-12-7-14-29(20-26)48-22-24-8-2-1-3-9-24)42(37(45)36(33)44)38-40-41-39(50-38)49-23-28-13-6-11-25-10-4-5-15-30(25)28/h1-17,20-21,34,43H,18-19,22-23H2/b35-33+/t34-/m1/s1. The van der Waals surface area contributed by atoms with E-state index in [9.17, 15) is 14.7 Å². The van der Waals surface area contributed by atoms with Crippen LogP contribution in [0.3, 0.4) is 0 Å². The number of nitrogens with zero attached hydrogens (tertiary/aromatic N) is 3. The minimum absolute atomic E-state index is 0.0768. The van der Waals surface area contributed by atoms with Crippen molar-refractivity contribution >= 4 is 56.5 Å². The smallest absolute Gasteiger partial charge is 0.301 e. The van der Waals surface area contributed by atoms with Gasteiger partial charge in [0.1, 0.15) is 31.3 Å². The van der Waals surface area contributed by atoms with E-state index < -0.39 is 17.7 Å². The van der Waals surface area contributed by atoms with Gasteiger partial charge in [-0.25, -0.2) is 0 Å². The minimum Gasteiger partial charge on any atom is -0.507 e. The van der Waals surface area contributed by atoms with Crippen LogP contribution in [-0.4, -0.2) is 40.2 Å². The molecule has 248 valence electrons. The lowest BCUT2D eigenvalue weighted by molar-refractivity contribution is -0.132. The van der Waals surface area contributed by atoms with Crippen LogP contribution in [0.25, 0.3) is 16.5 Å². The molecule has 1 amide bonds. The maximum atomic E-state index is 13.9. The van der Waals surface area contributed by atoms with Crippen LogP contribution < -0.4 is 19.1 Å². The molecule has 6 aromatic rings. The van der Waals surface area contributed by atoms with Crippen LogP contribution in [-0.2, 0) is 21.9 Å². The second-order valence-electron chi connectivity index (χ2n) is 11.7. The molecule has 8 rings (SSSR count). The summed E-state index contributed by atoms with van der Waals surface area (Å²) in [5, 5.41) is 23.1. The average molecular weight is 700 g/mol. The summed E-state index contributed by atoms with van der Waals surface area (Å²) in [5.41, 5.74) is 2.94. The van der Waals surface area contributed by atoms with Gasteiger partial charge in [0, 0.05) is 11.3 Å². The summed E-state index contributed by atoms with van der Waals surface area (Å²) in [4.78, 5) is 29.1. The molecule has 0 aliphatic carbocycles. The first-order valence-corrected chi connectivity index (χ1v) is 17.7. The van der Waals surface area contributed by atoms with Crippen molar-refractivity contribution in [1.82, 2.24) is 10.2 Å². The number of Topliss-reactive ketones (excluding diaryl/α,β-unsaturated/α-hetero) is 1. The Bertz CT molecular complexity index is 2270. The van der Waals surface area contributed by atoms with Crippen LogP contribution in [0, 0.1) is 0 Å². The molecule has 5 aromatic carbocycles. The van der Waals surface area contributed by atoms with E-state index in [0.29, 0.717) is 58.3 Å². The molecule has 50 heavy (non-hydrogen) atoms. The van der Waals surface area contributed by atoms with E-state index in [0.717, 1.165) is 21.9 Å². The van der Waals surface area contributed by atoms with E-state index in [2.05, 4.69) is 34.5 Å². The fourth-order valence-electron chi connectivity index (χ4n) is 6.12. The lowest BCUT2D eigenvalue weighted by Gasteiger charge is -2.23. The number of benzene rings is 5. The Labute approximate surface area is 295 Å². The Kier molecular flexibility index (Phi) is 8.66. The number of aliphatic hydroxyl groups is 1. The fourth-order valence-corrected chi connectivity index (χ4v) is 7.99. The molecule has 1 N–H and O–H groups in total. The van der Waals surface area contributed by atoms with Gasteiger partial charge >= 0.3 is 5.91 Å². The molecule has 0 spiro atoms. The summed E-state index contributed by atoms with van der Waals surface area (Å²) in [6, 6.07) is 35.3. The quantitative estimate of drug-likeness (QED) is 0.0528. The topological polar surface area (TPSA) is 111 Å². The molecule has 0 saturated carbocycles. The van der Waals surface area contributed by atoms with Gasteiger partial charge in [-0.15, -0.1) is 10.2 Å². The van der Waals surface area contributed by atoms with Gasteiger partial charge in [0.25, 0.3) is 5.78 Å². The summed E-state index contributed by atoms with van der Waals surface area (Å²) in [7, 11) is 0. The maximum absolute atomic E-state index is 13.9. The lowest BCUT2D eigenvalue weighted by atomic mass is 9.95. The number of hydrogen-bond acceptors (Lipinski definition) is 10. The van der Waals surface area contributed by atoms with Gasteiger partial charge in [-0.05, 0) is 57.8 Å². The van der Waals surface area contributed by atoms with Crippen LogP contribution in [0.5, 0.6) is 17.2 Å². The zero-order valence-corrected chi connectivity index (χ0v) is 28.2. The zero-order valence-electron chi connectivity index (χ0n) is 26.5. The Morgan fingerprint density at radius 3 is 2.52 bits per heavy atom. The van der Waals surface area contributed by atoms with Crippen LogP contribution in [0.1, 0.15) is 28.3 Å². The molecule has 0 bridgehead atoms. The summed E-state index contributed by atoms with van der Waals surface area (Å²) in [5.74, 6) is 0.182. The molecule has 1 aromatic heterocycles. The molecule has 0 unspecified atom stereocenters. The molecule has 2 aliphatic rings. The number of hydrogen-bond donors (Lipinski definition) is 1. The molecule has 9 nitrogen and oxygen atoms in total. The summed E-state index contributed by atoms with van der Waals surface area (Å²) in [6.07, 6.45) is 0. The Balaban J connectivity index is 1.15. The number of ether oxygens (including phenoxy) is 3. The highest BCUT2D eigenvalue weighted by atomic mass is 32.2. The first kappa shape index (κ1) is 31.6. The van der Waals surface area contributed by atoms with Crippen LogP contribution in [0.2, 0.25) is 0 Å². The molecule has 1 atom stereocenters. The van der Waals surface area contributed by atoms with Gasteiger partial charge in [0.2, 0.25) is 5.13 Å². The van der Waals surface area contributed by atoms with Crippen molar-refractivity contribution in [3.8, 4) is 17.2 Å². The van der Waals surface area contributed by atoms with E-state index in [-0.39, 0.29) is 16.5 Å². The highest BCUT2D eigenvalue weighted by molar-refractivity contribution is 8.00. The number of ketones is 1. The van der Waals surface area contributed by atoms with Gasteiger partial charge in [-0.3, -0.25) is 14.5 Å². The Hall–Kier alpha value is -5.65. The highest BCUT2D eigenvalue weighted by Crippen LogP contribution is 2.45. The largest absolute Gasteiger partial charge is 0.507 e. The number of amides is 1. The van der Waals surface area contributed by atoms with Crippen LogP contribution >= 0.6 is 23.1 Å². The van der Waals surface area contributed by atoms with E-state index >= 15 is 0 Å². The number of aromatic nitrogens is 2. The number of thioether (sulfide) groups is 1. The molecule has 1 saturated heterocycles. The van der Waals surface area contributed by atoms with Crippen molar-refractivity contribution in [2.45, 2.75) is 22.7 Å². The first-order chi connectivity index (χ1) is 24.5. The van der Waals surface area contributed by atoms with E-state index in [4.69, 9.17) is 14.2 Å². The van der Waals surface area contributed by atoms with Crippen LogP contribution in [0.15, 0.2) is 125 Å². The summed E-state index contributed by atoms with van der Waals surface area (Å²) < 4.78 is 18.1. The van der Waals surface area contributed by atoms with Crippen molar-refractivity contribution in [3.05, 3.63) is 143 Å². The normalized spacial score (nSPS) is 16.6. The van der Waals surface area contributed by atoms with E-state index in [1.54, 1.807) is 36.4 Å². The number of anilines is 1. The molecular weight excluding hydrogens is 671 g/mol. The Morgan fingerprint density at radius 2 is 1.64 bits per heavy atom. The third-order valence-corrected chi connectivity index (χ3v) is 10.6.